The van der Waals surface area contributed by atoms with Crippen LogP contribution in [-0.2, 0) is 31.5 Å². The molecule has 23 heavy (non-hydrogen) atoms. The second-order valence-electron chi connectivity index (χ2n) is 4.26. The van der Waals surface area contributed by atoms with Gasteiger partial charge in [0.1, 0.15) is 0 Å². The summed E-state index contributed by atoms with van der Waals surface area (Å²) < 4.78 is 22.9. The SMILES string of the molecule is Cn1nc(S(N)(=O)=O)sc1=NC(=O)CN(CC(=O)O)CC(=O)O. The fraction of sp³-hybridized carbons (Fsp3) is 0.444. The molecule has 1 aromatic heterocycles. The van der Waals surface area contributed by atoms with Crippen LogP contribution in [0.5, 0.6) is 0 Å². The van der Waals surface area contributed by atoms with Gasteiger partial charge >= 0.3 is 11.9 Å². The van der Waals surface area contributed by atoms with E-state index in [-0.39, 0.29) is 4.80 Å². The Morgan fingerprint density at radius 3 is 2.17 bits per heavy atom. The lowest BCUT2D eigenvalue weighted by Crippen LogP contribution is -2.38. The predicted octanol–water partition coefficient (Wildman–Crippen LogP) is -2.97. The molecule has 0 spiro atoms. The highest BCUT2D eigenvalue weighted by molar-refractivity contribution is 7.91. The highest BCUT2D eigenvalue weighted by Crippen LogP contribution is 2.04. The second-order valence-corrected chi connectivity index (χ2v) is 6.95. The van der Waals surface area contributed by atoms with E-state index in [1.807, 2.05) is 0 Å². The fourth-order valence-corrected chi connectivity index (χ4v) is 2.99. The van der Waals surface area contributed by atoms with Crippen LogP contribution in [0.2, 0.25) is 0 Å². The lowest BCUT2D eigenvalue weighted by molar-refractivity contribution is -0.142. The van der Waals surface area contributed by atoms with Crippen molar-refractivity contribution >= 4 is 39.2 Å². The minimum Gasteiger partial charge on any atom is -0.480 e. The van der Waals surface area contributed by atoms with E-state index in [4.69, 9.17) is 15.4 Å². The van der Waals surface area contributed by atoms with Gasteiger partial charge in [0.15, 0.2) is 0 Å². The van der Waals surface area contributed by atoms with Crippen LogP contribution in [0.1, 0.15) is 0 Å². The van der Waals surface area contributed by atoms with Crippen LogP contribution in [0, 0.1) is 0 Å². The van der Waals surface area contributed by atoms with Crippen LogP contribution in [-0.4, -0.2) is 70.8 Å². The third-order valence-electron chi connectivity index (χ3n) is 2.23. The molecular weight excluding hydrogens is 354 g/mol. The van der Waals surface area contributed by atoms with Gasteiger partial charge in [-0.3, -0.25) is 19.3 Å². The van der Waals surface area contributed by atoms with Gasteiger partial charge in [-0.1, -0.05) is 11.3 Å². The number of amides is 1. The van der Waals surface area contributed by atoms with E-state index in [1.54, 1.807) is 0 Å². The van der Waals surface area contributed by atoms with E-state index in [0.29, 0.717) is 11.3 Å². The molecule has 0 radical (unpaired) electrons. The number of nitrogens with two attached hydrogens (primary N) is 1. The van der Waals surface area contributed by atoms with Crippen LogP contribution in [0.25, 0.3) is 0 Å². The summed E-state index contributed by atoms with van der Waals surface area (Å²) in [6.07, 6.45) is 0. The van der Waals surface area contributed by atoms with E-state index in [1.165, 1.54) is 7.05 Å². The van der Waals surface area contributed by atoms with Gasteiger partial charge in [-0.2, -0.15) is 4.99 Å². The van der Waals surface area contributed by atoms with Crippen molar-refractivity contribution in [3.63, 3.8) is 0 Å². The first-order chi connectivity index (χ1) is 10.5. The summed E-state index contributed by atoms with van der Waals surface area (Å²) in [5.41, 5.74) is 0. The van der Waals surface area contributed by atoms with E-state index in [0.717, 1.165) is 9.58 Å². The molecule has 128 valence electrons. The van der Waals surface area contributed by atoms with Crippen molar-refractivity contribution in [2.24, 2.45) is 17.2 Å². The van der Waals surface area contributed by atoms with Crippen molar-refractivity contribution in [2.75, 3.05) is 19.6 Å². The Morgan fingerprint density at radius 1 is 1.26 bits per heavy atom. The van der Waals surface area contributed by atoms with Gasteiger partial charge in [-0.05, 0) is 0 Å². The number of hydrogen-bond acceptors (Lipinski definition) is 8. The number of rotatable bonds is 7. The number of carbonyl (C=O) groups excluding carboxylic acids is 1. The highest BCUT2D eigenvalue weighted by Gasteiger charge is 2.18. The maximum Gasteiger partial charge on any atom is 0.317 e. The molecule has 0 aliphatic rings. The largest absolute Gasteiger partial charge is 0.480 e. The first kappa shape index (κ1) is 18.9. The number of carboxylic acid groups (broad SMARTS) is 2. The normalized spacial score (nSPS) is 12.6. The summed E-state index contributed by atoms with van der Waals surface area (Å²) in [4.78, 5) is 37.4. The number of aromatic nitrogens is 2. The van der Waals surface area contributed by atoms with Gasteiger partial charge in [0, 0.05) is 7.05 Å². The number of sulfonamides is 1. The number of aliphatic carboxylic acids is 2. The zero-order chi connectivity index (χ0) is 17.8. The Kier molecular flexibility index (Phi) is 6.08. The lowest BCUT2D eigenvalue weighted by Gasteiger charge is -2.14. The zero-order valence-corrected chi connectivity index (χ0v) is 13.4. The van der Waals surface area contributed by atoms with Gasteiger partial charge in [0.25, 0.3) is 15.9 Å². The molecule has 1 amide bonds. The molecule has 14 heteroatoms. The van der Waals surface area contributed by atoms with E-state index in [2.05, 4.69) is 10.1 Å². The molecule has 0 aromatic carbocycles. The molecule has 0 unspecified atom stereocenters. The standard InChI is InChI=1S/C9H13N5O7S2/c1-13-8(22-9(12-13)23(10,20)21)11-5(15)2-14(3-6(16)17)4-7(18)19/h2-4H2,1H3,(H,16,17)(H,18,19)(H2,10,20,21). The molecule has 0 fully saturated rings. The molecule has 0 bridgehead atoms. The Balaban J connectivity index is 2.98. The number of hydrogen-bond donors (Lipinski definition) is 3. The Hall–Kier alpha value is -2.16. The molecule has 0 aliphatic carbocycles. The smallest absolute Gasteiger partial charge is 0.317 e. The number of carboxylic acids is 2. The summed E-state index contributed by atoms with van der Waals surface area (Å²) in [6, 6.07) is 0. The average Bonchev–Trinajstić information content (AvgIpc) is 2.68. The van der Waals surface area contributed by atoms with Crippen LogP contribution in [0.15, 0.2) is 9.33 Å². The zero-order valence-electron chi connectivity index (χ0n) is 11.7. The van der Waals surface area contributed by atoms with E-state index < -0.39 is 51.8 Å². The molecule has 0 atom stereocenters. The van der Waals surface area contributed by atoms with Crippen LogP contribution in [0.3, 0.4) is 0 Å². The van der Waals surface area contributed by atoms with Crippen molar-refractivity contribution in [2.45, 2.75) is 4.34 Å². The number of primary sulfonamides is 1. The molecular formula is C9H13N5O7S2. The quantitative estimate of drug-likeness (QED) is 0.452. The van der Waals surface area contributed by atoms with Crippen LogP contribution in [0.4, 0.5) is 0 Å². The summed E-state index contributed by atoms with van der Waals surface area (Å²) in [5, 5.41) is 25.8. The fourth-order valence-electron chi connectivity index (χ4n) is 1.42. The monoisotopic (exact) mass is 367 g/mol. The highest BCUT2D eigenvalue weighted by atomic mass is 32.2. The van der Waals surface area contributed by atoms with Crippen molar-refractivity contribution in [1.29, 1.82) is 0 Å². The number of aryl methyl sites for hydroxylation is 1. The van der Waals surface area contributed by atoms with Crippen molar-refractivity contribution in [1.82, 2.24) is 14.7 Å². The van der Waals surface area contributed by atoms with Gasteiger partial charge in [-0.25, -0.2) is 18.2 Å². The maximum absolute atomic E-state index is 11.8. The third kappa shape index (κ3) is 6.23. The number of carbonyl (C=O) groups is 3. The van der Waals surface area contributed by atoms with Gasteiger partial charge in [-0.15, -0.1) is 5.10 Å². The summed E-state index contributed by atoms with van der Waals surface area (Å²) in [6.45, 7) is -1.89. The predicted molar refractivity (Wildman–Crippen MR) is 74.7 cm³/mol. The third-order valence-corrected chi connectivity index (χ3v) is 4.54. The summed E-state index contributed by atoms with van der Waals surface area (Å²) in [7, 11) is -2.71. The van der Waals surface area contributed by atoms with Crippen molar-refractivity contribution in [3.05, 3.63) is 4.80 Å². The Morgan fingerprint density at radius 2 is 1.78 bits per heavy atom. The maximum atomic E-state index is 11.8. The van der Waals surface area contributed by atoms with E-state index >= 15 is 0 Å². The topological polar surface area (TPSA) is 185 Å². The molecule has 0 aliphatic heterocycles. The number of nitrogens with zero attached hydrogens (tertiary/aromatic N) is 4. The minimum absolute atomic E-state index is 0.0791. The first-order valence-corrected chi connectivity index (χ1v) is 8.15. The van der Waals surface area contributed by atoms with Crippen LogP contribution < -0.4 is 9.94 Å². The first-order valence-electron chi connectivity index (χ1n) is 5.79. The summed E-state index contributed by atoms with van der Waals surface area (Å²) >= 11 is 0.550. The molecule has 1 rings (SSSR count). The van der Waals surface area contributed by atoms with Crippen molar-refractivity contribution < 1.29 is 33.0 Å². The molecule has 4 N–H and O–H groups in total. The molecule has 1 aromatic rings. The average molecular weight is 367 g/mol. The minimum atomic E-state index is -4.05. The second kappa shape index (κ2) is 7.40. The van der Waals surface area contributed by atoms with Crippen molar-refractivity contribution in [3.8, 4) is 0 Å². The van der Waals surface area contributed by atoms with E-state index in [9.17, 15) is 22.8 Å². The van der Waals surface area contributed by atoms with Crippen LogP contribution >= 0.6 is 11.3 Å². The Labute approximate surface area is 133 Å². The molecule has 0 saturated heterocycles. The lowest BCUT2D eigenvalue weighted by atomic mass is 10.4. The van der Waals surface area contributed by atoms with Gasteiger partial charge in [0.05, 0.1) is 19.6 Å². The van der Waals surface area contributed by atoms with Gasteiger partial charge in [0.2, 0.25) is 9.14 Å². The molecule has 12 nitrogen and oxygen atoms in total. The Bertz CT molecular complexity index is 777. The summed E-state index contributed by atoms with van der Waals surface area (Å²) in [5.74, 6) is -3.47. The molecule has 1 heterocycles. The molecule has 0 saturated carbocycles. The van der Waals surface area contributed by atoms with Gasteiger partial charge < -0.3 is 10.2 Å².